The van der Waals surface area contributed by atoms with E-state index in [2.05, 4.69) is 168 Å². The average molecular weight is 833 g/mol. The van der Waals surface area contributed by atoms with Gasteiger partial charge in [0.25, 0.3) is 0 Å². The van der Waals surface area contributed by atoms with Crippen LogP contribution in [0.15, 0.2) is 190 Å². The van der Waals surface area contributed by atoms with E-state index in [0.717, 1.165) is 102 Å². The summed E-state index contributed by atoms with van der Waals surface area (Å²) in [7, 11) is 12.6. The van der Waals surface area contributed by atoms with Crippen LogP contribution in [0.2, 0.25) is 0 Å². The Hall–Kier alpha value is -6.78. The summed E-state index contributed by atoms with van der Waals surface area (Å²) in [5, 5.41) is 8.89. The van der Waals surface area contributed by atoms with E-state index in [9.17, 15) is 0 Å². The van der Waals surface area contributed by atoms with Crippen molar-refractivity contribution in [2.75, 3.05) is 28.2 Å². The number of aliphatic imine (C=N–C) groups is 3. The van der Waals surface area contributed by atoms with Gasteiger partial charge in [-0.3, -0.25) is 4.48 Å². The van der Waals surface area contributed by atoms with E-state index >= 15 is 0 Å². The fourth-order valence-electron chi connectivity index (χ4n) is 7.35. The normalized spacial score (nSPS) is 16.6. The number of benzene rings is 1. The molecule has 0 unspecified atom stereocenters. The summed E-state index contributed by atoms with van der Waals surface area (Å²) < 4.78 is 4.80. The summed E-state index contributed by atoms with van der Waals surface area (Å²) in [6, 6.07) is 21.5. The Labute approximate surface area is 361 Å². The number of carboxylic acid groups (broad SMARTS) is 1. The molecule has 60 heavy (non-hydrogen) atoms. The van der Waals surface area contributed by atoms with E-state index < -0.39 is 5.97 Å². The van der Waals surface area contributed by atoms with Crippen molar-refractivity contribution in [2.24, 2.45) is 29.1 Å². The molecular weight excluding hydrogens is 788 g/mol. The van der Waals surface area contributed by atoms with Crippen LogP contribution in [-0.2, 0) is 36.0 Å². The molecule has 3 aromatic heterocycles. The van der Waals surface area contributed by atoms with Crippen molar-refractivity contribution in [2.45, 2.75) is 6.92 Å². The average Bonchev–Trinajstić information content (AvgIpc) is 4.05. The van der Waals surface area contributed by atoms with Gasteiger partial charge in [0.15, 0.2) is 24.8 Å². The first-order chi connectivity index (χ1) is 28.3. The van der Waals surface area contributed by atoms with Gasteiger partial charge in [-0.05, 0) is 113 Å². The Morgan fingerprint density at radius 3 is 1.38 bits per heavy atom. The van der Waals surface area contributed by atoms with Crippen molar-refractivity contribution in [3.63, 3.8) is 0 Å². The van der Waals surface area contributed by atoms with Crippen molar-refractivity contribution >= 4 is 45.5 Å². The minimum Gasteiger partial charge on any atom is -0.657 e. The fourth-order valence-corrected chi connectivity index (χ4v) is 7.35. The Morgan fingerprint density at radius 2 is 0.967 bits per heavy atom. The molecule has 0 aliphatic carbocycles. The van der Waals surface area contributed by atoms with Gasteiger partial charge in [0, 0.05) is 60.8 Å². The molecule has 10 nitrogen and oxygen atoms in total. The maximum atomic E-state index is 8.89. The number of carbonyl (C=O) groups excluding carboxylic acids is 1. The third-order valence-electron chi connectivity index (χ3n) is 10.3. The number of rotatable bonds is 4. The number of carbonyl (C=O) groups is 1. The van der Waals surface area contributed by atoms with E-state index in [-0.39, 0.29) is 17.1 Å². The number of aromatic nitrogens is 3. The van der Waals surface area contributed by atoms with Crippen LogP contribution >= 0.6 is 0 Å². The first-order valence-electron chi connectivity index (χ1n) is 19.3. The molecule has 8 heterocycles. The van der Waals surface area contributed by atoms with Gasteiger partial charge in [-0.2, -0.15) is 0 Å². The summed E-state index contributed by atoms with van der Waals surface area (Å²) >= 11 is 0. The summed E-state index contributed by atoms with van der Waals surface area (Å²) in [6.07, 6.45) is 29.3. The predicted molar refractivity (Wildman–Crippen MR) is 233 cm³/mol. The van der Waals surface area contributed by atoms with Crippen LogP contribution in [-0.4, -0.2) is 56.2 Å². The molecule has 5 aliphatic heterocycles. The molecule has 0 amide bonds. The molecule has 296 valence electrons. The van der Waals surface area contributed by atoms with Crippen molar-refractivity contribution < 1.29 is 36.1 Å². The van der Waals surface area contributed by atoms with Crippen LogP contribution in [0.1, 0.15) is 35.0 Å². The number of aryl methyl sites for hydroxylation is 2. The summed E-state index contributed by atoms with van der Waals surface area (Å²) in [5.41, 5.74) is 16.0. The van der Waals surface area contributed by atoms with Gasteiger partial charge in [-0.15, -0.1) is 11.4 Å². The van der Waals surface area contributed by atoms with Crippen LogP contribution in [0.3, 0.4) is 0 Å². The smallest absolute Gasteiger partial charge is 0.657 e. The third-order valence-corrected chi connectivity index (χ3v) is 10.3. The fraction of sp³-hybridized carbons (Fsp3) is 0.143. The maximum absolute atomic E-state index is 8.89. The largest absolute Gasteiger partial charge is 3.00 e. The van der Waals surface area contributed by atoms with Gasteiger partial charge >= 0.3 is 17.1 Å². The van der Waals surface area contributed by atoms with Crippen molar-refractivity contribution in [3.8, 4) is 0 Å². The molecule has 8 bridgehead atoms. The summed E-state index contributed by atoms with van der Waals surface area (Å²) in [4.78, 5) is 32.5. The van der Waals surface area contributed by atoms with Crippen LogP contribution < -0.4 is 23.7 Å². The number of hydrogen-bond acceptors (Lipinski definition) is 6. The third kappa shape index (κ3) is 8.51. The molecule has 0 saturated heterocycles. The van der Waals surface area contributed by atoms with Crippen LogP contribution in [0.4, 0.5) is 5.69 Å². The minimum atomic E-state index is -1.08. The first-order valence-corrected chi connectivity index (χ1v) is 19.3. The molecule has 0 saturated carbocycles. The molecule has 0 N–H and O–H groups in total. The van der Waals surface area contributed by atoms with Crippen molar-refractivity contribution in [1.82, 2.24) is 14.4 Å². The number of quaternary nitrogens is 1. The molecule has 4 aromatic rings. The zero-order valence-electron chi connectivity index (χ0n) is 34.6. The number of allylic oxidation sites excluding steroid dienone is 11. The van der Waals surface area contributed by atoms with Gasteiger partial charge in [0.2, 0.25) is 0 Å². The molecule has 0 radical (unpaired) electrons. The molecule has 1 aromatic carbocycles. The Bertz CT molecular complexity index is 2760. The second-order valence-corrected chi connectivity index (χ2v) is 15.7. The van der Waals surface area contributed by atoms with E-state index in [0.29, 0.717) is 0 Å². The van der Waals surface area contributed by atoms with E-state index in [4.69, 9.17) is 29.9 Å². The second kappa shape index (κ2) is 16.8. The molecule has 11 heteroatoms. The van der Waals surface area contributed by atoms with Gasteiger partial charge in [0.1, 0.15) is 19.8 Å². The first kappa shape index (κ1) is 41.4. The van der Waals surface area contributed by atoms with Crippen LogP contribution in [0, 0.1) is 0 Å². The summed E-state index contributed by atoms with van der Waals surface area (Å²) in [6.45, 7) is 0.972. The van der Waals surface area contributed by atoms with E-state index in [1.54, 1.807) is 0 Å². The monoisotopic (exact) mass is 832 g/mol. The maximum Gasteiger partial charge on any atom is 3.00 e. The predicted octanol–water partition coefficient (Wildman–Crippen LogP) is 5.49. The molecule has 0 spiro atoms. The minimum absolute atomic E-state index is 0. The van der Waals surface area contributed by atoms with Crippen molar-refractivity contribution in [3.05, 3.63) is 203 Å². The standard InChI is InChI=1S/C47H42N8.C2H4O2.Mn/c1-52-25-19-32(20-26-52)45-38-13-11-36(48-38)44(31-7-9-35(10-8-31)55(4,5)6)37-12-14-39(49-37)46(33-21-27-53(2)28-22-33)41-16-18-43(51-41)47(42-17-15-40(45)50-42)34-23-29-54(3)30-24-34;1-2(3)4;/h7-30H,1-6H3;1H3,(H,3,4);/q+2;;+3/p-1. The van der Waals surface area contributed by atoms with E-state index in [1.807, 2.05) is 35.2 Å². The quantitative estimate of drug-likeness (QED) is 0.154. The Morgan fingerprint density at radius 1 is 0.583 bits per heavy atom. The molecule has 0 atom stereocenters. The van der Waals surface area contributed by atoms with Crippen molar-refractivity contribution in [1.29, 1.82) is 0 Å². The van der Waals surface area contributed by atoms with Crippen LogP contribution in [0.25, 0.3) is 16.7 Å². The number of carboxylic acids is 1. The topological polar surface area (TPSA) is 102 Å². The molecule has 5 aliphatic rings. The Kier molecular flexibility index (Phi) is 11.6. The zero-order chi connectivity index (χ0) is 41.4. The summed E-state index contributed by atoms with van der Waals surface area (Å²) in [5.74, 6) is -1.08. The van der Waals surface area contributed by atoms with Crippen LogP contribution in [0.5, 0.6) is 0 Å². The SMILES string of the molecule is CC(=O)[O-].CN1C=CC(=C2C3=NC(=C(c4ccc([N+](C)(C)C)cc4)C4=NC(=C(c5cc[n+](C)cc5)c5ccc([n-]5)C(c5cc[n+](C)cc5)=C5C=CC2=N5)C=C4)C=C3)C=C1.[Mn+3]. The number of fused-ring (bicyclic) bond motifs is 5. The number of pyridine rings is 2. The number of nitrogens with zero attached hydrogens (tertiary/aromatic N) is 8. The van der Waals surface area contributed by atoms with E-state index in [1.165, 1.54) is 5.69 Å². The Balaban J connectivity index is 0.00000104. The molecular formula is C49H45MnN8O2+4. The van der Waals surface area contributed by atoms with Gasteiger partial charge < -0.3 is 19.8 Å². The zero-order valence-corrected chi connectivity index (χ0v) is 35.8. The number of aliphatic carboxylic acids is 1. The number of hydrogen-bond donors (Lipinski definition) is 0. The second-order valence-electron chi connectivity index (χ2n) is 15.7. The van der Waals surface area contributed by atoms with Gasteiger partial charge in [-0.1, -0.05) is 12.1 Å². The molecule has 9 rings (SSSR count). The molecule has 0 fully saturated rings. The van der Waals surface area contributed by atoms with Gasteiger partial charge in [-0.25, -0.2) is 24.1 Å². The van der Waals surface area contributed by atoms with Gasteiger partial charge in [0.05, 0.1) is 55.4 Å².